The minimum absolute atomic E-state index is 0.106. The van der Waals surface area contributed by atoms with Crippen LogP contribution in [0.1, 0.15) is 17.1 Å². The maximum atomic E-state index is 9.23. The van der Waals surface area contributed by atoms with E-state index in [9.17, 15) is 5.11 Å². The Labute approximate surface area is 113 Å². The van der Waals surface area contributed by atoms with Crippen molar-refractivity contribution in [3.8, 4) is 0 Å². The first-order valence-electron chi connectivity index (χ1n) is 6.41. The van der Waals surface area contributed by atoms with E-state index in [-0.39, 0.29) is 6.61 Å². The normalized spacial score (nSPS) is 10.5. The molecule has 19 heavy (non-hydrogen) atoms. The zero-order valence-electron chi connectivity index (χ0n) is 11.4. The standard InChI is InChI=1S/C15H19N3O/c1-12-10-15(17-13(2)16-12)18(8-9-19)11-14-6-4-3-5-7-14/h3-7,10,19H,8-9,11H2,1-2H3. The fraction of sp³-hybridized carbons (Fsp3) is 0.333. The van der Waals surface area contributed by atoms with Crippen LogP contribution in [0.3, 0.4) is 0 Å². The minimum atomic E-state index is 0.106. The van der Waals surface area contributed by atoms with E-state index in [0.717, 1.165) is 23.9 Å². The van der Waals surface area contributed by atoms with Gasteiger partial charge in [0.15, 0.2) is 0 Å². The Kier molecular flexibility index (Phi) is 4.47. The van der Waals surface area contributed by atoms with Crippen molar-refractivity contribution >= 4 is 5.82 Å². The molecule has 0 fully saturated rings. The molecule has 100 valence electrons. The van der Waals surface area contributed by atoms with E-state index in [0.29, 0.717) is 6.54 Å². The summed E-state index contributed by atoms with van der Waals surface area (Å²) in [6.45, 7) is 5.24. The van der Waals surface area contributed by atoms with Gasteiger partial charge in [0.1, 0.15) is 11.6 Å². The number of anilines is 1. The van der Waals surface area contributed by atoms with Crippen LogP contribution in [-0.2, 0) is 6.54 Å². The summed E-state index contributed by atoms with van der Waals surface area (Å²) in [6, 6.07) is 12.1. The summed E-state index contributed by atoms with van der Waals surface area (Å²) in [4.78, 5) is 10.8. The monoisotopic (exact) mass is 257 g/mol. The summed E-state index contributed by atoms with van der Waals surface area (Å²) in [7, 11) is 0. The fourth-order valence-electron chi connectivity index (χ4n) is 2.06. The van der Waals surface area contributed by atoms with Gasteiger partial charge in [0.2, 0.25) is 0 Å². The van der Waals surface area contributed by atoms with E-state index >= 15 is 0 Å². The Morgan fingerprint density at radius 1 is 1.11 bits per heavy atom. The van der Waals surface area contributed by atoms with Gasteiger partial charge in [-0.15, -0.1) is 0 Å². The Bertz CT molecular complexity index is 508. The van der Waals surface area contributed by atoms with Gasteiger partial charge >= 0.3 is 0 Å². The second kappa shape index (κ2) is 6.29. The lowest BCUT2D eigenvalue weighted by Gasteiger charge is -2.23. The van der Waals surface area contributed by atoms with Crippen molar-refractivity contribution in [2.24, 2.45) is 0 Å². The number of benzene rings is 1. The van der Waals surface area contributed by atoms with Crippen molar-refractivity contribution < 1.29 is 5.11 Å². The molecule has 0 unspecified atom stereocenters. The van der Waals surface area contributed by atoms with Crippen LogP contribution < -0.4 is 4.90 Å². The van der Waals surface area contributed by atoms with Crippen LogP contribution in [0.15, 0.2) is 36.4 Å². The molecule has 0 spiro atoms. The Hall–Kier alpha value is -1.94. The van der Waals surface area contributed by atoms with E-state index in [1.165, 1.54) is 5.56 Å². The maximum Gasteiger partial charge on any atom is 0.132 e. The Morgan fingerprint density at radius 2 is 1.84 bits per heavy atom. The smallest absolute Gasteiger partial charge is 0.132 e. The van der Waals surface area contributed by atoms with Gasteiger partial charge < -0.3 is 10.0 Å². The van der Waals surface area contributed by atoms with Crippen molar-refractivity contribution in [3.63, 3.8) is 0 Å². The summed E-state index contributed by atoms with van der Waals surface area (Å²) in [5, 5.41) is 9.23. The molecule has 1 aromatic heterocycles. The number of hydrogen-bond acceptors (Lipinski definition) is 4. The lowest BCUT2D eigenvalue weighted by Crippen LogP contribution is -2.27. The number of hydrogen-bond donors (Lipinski definition) is 1. The average Bonchev–Trinajstić information content (AvgIpc) is 2.38. The quantitative estimate of drug-likeness (QED) is 0.891. The molecule has 2 rings (SSSR count). The SMILES string of the molecule is Cc1cc(N(CCO)Cc2ccccc2)nc(C)n1. The summed E-state index contributed by atoms with van der Waals surface area (Å²) in [6.07, 6.45) is 0. The zero-order valence-corrected chi connectivity index (χ0v) is 11.4. The van der Waals surface area contributed by atoms with E-state index in [1.54, 1.807) is 0 Å². The van der Waals surface area contributed by atoms with Gasteiger partial charge in [-0.2, -0.15) is 0 Å². The lowest BCUT2D eigenvalue weighted by molar-refractivity contribution is 0.301. The molecule has 0 bridgehead atoms. The van der Waals surface area contributed by atoms with Crippen molar-refractivity contribution in [2.75, 3.05) is 18.1 Å². The van der Waals surface area contributed by atoms with Crippen LogP contribution in [0, 0.1) is 13.8 Å². The summed E-state index contributed by atoms with van der Waals surface area (Å²) < 4.78 is 0. The molecule has 0 saturated carbocycles. The van der Waals surface area contributed by atoms with Crippen LogP contribution in [0.2, 0.25) is 0 Å². The first kappa shape index (κ1) is 13.5. The highest BCUT2D eigenvalue weighted by Gasteiger charge is 2.09. The van der Waals surface area contributed by atoms with Crippen LogP contribution >= 0.6 is 0 Å². The Balaban J connectivity index is 2.24. The second-order valence-corrected chi connectivity index (χ2v) is 4.55. The van der Waals surface area contributed by atoms with Crippen LogP contribution in [-0.4, -0.2) is 28.2 Å². The van der Waals surface area contributed by atoms with E-state index in [4.69, 9.17) is 0 Å². The first-order chi connectivity index (χ1) is 9.19. The van der Waals surface area contributed by atoms with Gasteiger partial charge in [-0.25, -0.2) is 9.97 Å². The van der Waals surface area contributed by atoms with Crippen LogP contribution in [0.25, 0.3) is 0 Å². The molecule has 0 aliphatic carbocycles. The largest absolute Gasteiger partial charge is 0.395 e. The number of aliphatic hydroxyl groups excluding tert-OH is 1. The third-order valence-electron chi connectivity index (χ3n) is 2.86. The number of rotatable bonds is 5. The summed E-state index contributed by atoms with van der Waals surface area (Å²) in [5.74, 6) is 1.62. The first-order valence-corrected chi connectivity index (χ1v) is 6.41. The number of aromatic nitrogens is 2. The van der Waals surface area contributed by atoms with Gasteiger partial charge in [-0.3, -0.25) is 0 Å². The predicted molar refractivity (Wildman–Crippen MR) is 76.1 cm³/mol. The molecule has 0 aliphatic heterocycles. The number of nitrogens with zero attached hydrogens (tertiary/aromatic N) is 3. The van der Waals surface area contributed by atoms with Crippen LogP contribution in [0.5, 0.6) is 0 Å². The lowest BCUT2D eigenvalue weighted by atomic mass is 10.2. The molecule has 0 radical (unpaired) electrons. The molecule has 0 atom stereocenters. The fourth-order valence-corrected chi connectivity index (χ4v) is 2.06. The van der Waals surface area contributed by atoms with E-state index < -0.39 is 0 Å². The van der Waals surface area contributed by atoms with Crippen LogP contribution in [0.4, 0.5) is 5.82 Å². The molecule has 4 nitrogen and oxygen atoms in total. The molecular weight excluding hydrogens is 238 g/mol. The van der Waals surface area contributed by atoms with Crippen molar-refractivity contribution in [1.82, 2.24) is 9.97 Å². The maximum absolute atomic E-state index is 9.23. The highest BCUT2D eigenvalue weighted by Crippen LogP contribution is 2.15. The summed E-state index contributed by atoms with van der Waals surface area (Å²) in [5.41, 5.74) is 2.14. The third-order valence-corrected chi connectivity index (χ3v) is 2.86. The highest BCUT2D eigenvalue weighted by atomic mass is 16.3. The van der Waals surface area contributed by atoms with Gasteiger partial charge in [0, 0.05) is 24.8 Å². The topological polar surface area (TPSA) is 49.2 Å². The number of aliphatic hydroxyl groups is 1. The van der Waals surface area contributed by atoms with E-state index in [1.807, 2.05) is 38.1 Å². The molecule has 0 saturated heterocycles. The van der Waals surface area contributed by atoms with Gasteiger partial charge in [-0.05, 0) is 19.4 Å². The molecule has 2 aromatic rings. The molecule has 1 heterocycles. The van der Waals surface area contributed by atoms with Crippen molar-refractivity contribution in [3.05, 3.63) is 53.5 Å². The van der Waals surface area contributed by atoms with E-state index in [2.05, 4.69) is 27.0 Å². The minimum Gasteiger partial charge on any atom is -0.395 e. The zero-order chi connectivity index (χ0) is 13.7. The predicted octanol–water partition coefficient (Wildman–Crippen LogP) is 2.09. The van der Waals surface area contributed by atoms with Gasteiger partial charge in [0.05, 0.1) is 6.61 Å². The third kappa shape index (κ3) is 3.76. The highest BCUT2D eigenvalue weighted by molar-refractivity contribution is 5.40. The summed E-state index contributed by atoms with van der Waals surface area (Å²) >= 11 is 0. The van der Waals surface area contributed by atoms with Gasteiger partial charge in [-0.1, -0.05) is 30.3 Å². The molecule has 0 aliphatic rings. The molecular formula is C15H19N3O. The average molecular weight is 257 g/mol. The molecule has 1 N–H and O–H groups in total. The molecule has 0 amide bonds. The van der Waals surface area contributed by atoms with Gasteiger partial charge in [0.25, 0.3) is 0 Å². The Morgan fingerprint density at radius 3 is 2.47 bits per heavy atom. The molecule has 1 aromatic carbocycles. The number of aryl methyl sites for hydroxylation is 2. The molecule has 4 heteroatoms. The van der Waals surface area contributed by atoms with Crippen molar-refractivity contribution in [1.29, 1.82) is 0 Å². The second-order valence-electron chi connectivity index (χ2n) is 4.55. The van der Waals surface area contributed by atoms with Crippen molar-refractivity contribution in [2.45, 2.75) is 20.4 Å².